The molecule has 1 saturated heterocycles. The number of pyridine rings is 1. The van der Waals surface area contributed by atoms with Gasteiger partial charge in [-0.25, -0.2) is 5.43 Å². The number of hydrogen-bond acceptors (Lipinski definition) is 4. The number of nitrogens with one attached hydrogen (secondary N) is 1. The van der Waals surface area contributed by atoms with Crippen LogP contribution in [0, 0.1) is 0 Å². The summed E-state index contributed by atoms with van der Waals surface area (Å²) < 4.78 is 0. The SMILES string of the molecule is O=C(N/N=C/C=C1CCN(Cc2ccccc2)CC1)c1ccccn1. The Balaban J connectivity index is 1.42. The normalized spacial score (nSPS) is 15.3. The lowest BCUT2D eigenvalue weighted by molar-refractivity contribution is 0.0950. The topological polar surface area (TPSA) is 57.6 Å². The van der Waals surface area contributed by atoms with Gasteiger partial charge in [-0.05, 0) is 36.6 Å². The highest BCUT2D eigenvalue weighted by atomic mass is 16.2. The van der Waals surface area contributed by atoms with E-state index in [9.17, 15) is 4.79 Å². The average molecular weight is 334 g/mol. The van der Waals surface area contributed by atoms with E-state index in [-0.39, 0.29) is 5.91 Å². The number of aromatic nitrogens is 1. The molecule has 2 aromatic rings. The minimum Gasteiger partial charge on any atom is -0.298 e. The summed E-state index contributed by atoms with van der Waals surface area (Å²) >= 11 is 0. The number of amides is 1. The van der Waals surface area contributed by atoms with Gasteiger partial charge < -0.3 is 0 Å². The van der Waals surface area contributed by atoms with Crippen molar-refractivity contribution in [3.63, 3.8) is 0 Å². The van der Waals surface area contributed by atoms with Crippen molar-refractivity contribution < 1.29 is 4.79 Å². The Labute approximate surface area is 148 Å². The number of rotatable bonds is 5. The first-order chi connectivity index (χ1) is 12.3. The lowest BCUT2D eigenvalue weighted by Gasteiger charge is -2.28. The van der Waals surface area contributed by atoms with Crippen molar-refractivity contribution >= 4 is 12.1 Å². The first-order valence-corrected chi connectivity index (χ1v) is 8.50. The molecule has 5 heteroatoms. The molecule has 1 fully saturated rings. The maximum atomic E-state index is 11.8. The molecule has 0 spiro atoms. The zero-order valence-electron chi connectivity index (χ0n) is 14.1. The minimum absolute atomic E-state index is 0.298. The molecular formula is C20H22N4O. The van der Waals surface area contributed by atoms with Crippen molar-refractivity contribution in [1.82, 2.24) is 15.3 Å². The highest BCUT2D eigenvalue weighted by Crippen LogP contribution is 2.17. The maximum Gasteiger partial charge on any atom is 0.289 e. The second-order valence-electron chi connectivity index (χ2n) is 6.02. The number of hydrogen-bond donors (Lipinski definition) is 1. The summed E-state index contributed by atoms with van der Waals surface area (Å²) in [6, 6.07) is 15.8. The monoisotopic (exact) mass is 334 g/mol. The molecule has 1 N–H and O–H groups in total. The largest absolute Gasteiger partial charge is 0.298 e. The molecule has 0 bridgehead atoms. The molecule has 0 radical (unpaired) electrons. The fraction of sp³-hybridized carbons (Fsp3) is 0.250. The van der Waals surface area contributed by atoms with E-state index < -0.39 is 0 Å². The first kappa shape index (κ1) is 17.0. The van der Waals surface area contributed by atoms with Gasteiger partial charge in [0.2, 0.25) is 0 Å². The number of carbonyl (C=O) groups excluding carboxylic acids is 1. The molecule has 1 aromatic heterocycles. The molecule has 0 unspecified atom stereocenters. The summed E-state index contributed by atoms with van der Waals surface area (Å²) in [5.41, 5.74) is 5.57. The number of likely N-dealkylation sites (tertiary alicyclic amines) is 1. The van der Waals surface area contributed by atoms with Crippen LogP contribution in [0.15, 0.2) is 71.5 Å². The van der Waals surface area contributed by atoms with Crippen LogP contribution in [0.4, 0.5) is 0 Å². The Hall–Kier alpha value is -2.79. The standard InChI is InChI=1S/C20H22N4O/c25-20(19-8-4-5-12-21-19)23-22-13-9-17-10-14-24(15-11-17)16-18-6-2-1-3-7-18/h1-9,12-13H,10-11,14-16H2,(H,23,25)/b22-13+. The van der Waals surface area contributed by atoms with Gasteiger partial charge in [-0.2, -0.15) is 5.10 Å². The molecule has 1 aliphatic heterocycles. The third kappa shape index (κ3) is 5.36. The van der Waals surface area contributed by atoms with E-state index in [1.54, 1.807) is 30.6 Å². The van der Waals surface area contributed by atoms with Gasteiger partial charge in [0.05, 0.1) is 0 Å². The van der Waals surface area contributed by atoms with E-state index in [2.05, 4.69) is 44.7 Å². The highest BCUT2D eigenvalue weighted by Gasteiger charge is 2.13. The third-order valence-electron chi connectivity index (χ3n) is 4.20. The van der Waals surface area contributed by atoms with Gasteiger partial charge in [0, 0.05) is 32.0 Å². The minimum atomic E-state index is -0.298. The van der Waals surface area contributed by atoms with Gasteiger partial charge in [-0.15, -0.1) is 0 Å². The summed E-state index contributed by atoms with van der Waals surface area (Å²) in [5.74, 6) is -0.298. The van der Waals surface area contributed by atoms with Crippen molar-refractivity contribution in [1.29, 1.82) is 0 Å². The molecule has 0 atom stereocenters. The Morgan fingerprint density at radius 3 is 2.60 bits per heavy atom. The van der Waals surface area contributed by atoms with Gasteiger partial charge in [0.25, 0.3) is 5.91 Å². The summed E-state index contributed by atoms with van der Waals surface area (Å²) in [4.78, 5) is 18.2. The van der Waals surface area contributed by atoms with Gasteiger partial charge in [0.1, 0.15) is 5.69 Å². The van der Waals surface area contributed by atoms with Gasteiger partial charge in [-0.3, -0.25) is 14.7 Å². The lowest BCUT2D eigenvalue weighted by Crippen LogP contribution is -2.30. The van der Waals surface area contributed by atoms with Crippen molar-refractivity contribution in [2.75, 3.05) is 13.1 Å². The van der Waals surface area contributed by atoms with E-state index in [4.69, 9.17) is 0 Å². The van der Waals surface area contributed by atoms with Crippen molar-refractivity contribution in [2.45, 2.75) is 19.4 Å². The molecule has 128 valence electrons. The number of nitrogens with zero attached hydrogens (tertiary/aromatic N) is 3. The quantitative estimate of drug-likeness (QED) is 0.675. The van der Waals surface area contributed by atoms with Crippen LogP contribution in [-0.2, 0) is 6.54 Å². The molecular weight excluding hydrogens is 312 g/mol. The molecule has 5 nitrogen and oxygen atoms in total. The number of piperidine rings is 1. The third-order valence-corrected chi connectivity index (χ3v) is 4.20. The van der Waals surface area contributed by atoms with Gasteiger partial charge in [-0.1, -0.05) is 42.0 Å². The Kier molecular flexibility index (Phi) is 6.06. The summed E-state index contributed by atoms with van der Waals surface area (Å²) in [6.07, 6.45) is 7.31. The summed E-state index contributed by atoms with van der Waals surface area (Å²) in [6.45, 7) is 3.10. The van der Waals surface area contributed by atoms with E-state index >= 15 is 0 Å². The molecule has 2 heterocycles. The molecule has 0 aliphatic carbocycles. The first-order valence-electron chi connectivity index (χ1n) is 8.50. The van der Waals surface area contributed by atoms with Crippen LogP contribution in [0.25, 0.3) is 0 Å². The Morgan fingerprint density at radius 2 is 1.88 bits per heavy atom. The fourth-order valence-electron chi connectivity index (χ4n) is 2.80. The molecule has 25 heavy (non-hydrogen) atoms. The van der Waals surface area contributed by atoms with Gasteiger partial charge >= 0.3 is 0 Å². The number of carbonyl (C=O) groups is 1. The Morgan fingerprint density at radius 1 is 1.12 bits per heavy atom. The van der Waals surface area contributed by atoms with Crippen LogP contribution in [0.1, 0.15) is 28.9 Å². The average Bonchev–Trinajstić information content (AvgIpc) is 2.68. The lowest BCUT2D eigenvalue weighted by atomic mass is 10.0. The summed E-state index contributed by atoms with van der Waals surface area (Å²) in [5, 5.41) is 3.97. The van der Waals surface area contributed by atoms with Crippen LogP contribution in [-0.4, -0.2) is 35.1 Å². The van der Waals surface area contributed by atoms with E-state index in [0.717, 1.165) is 32.5 Å². The maximum absolute atomic E-state index is 11.8. The van der Waals surface area contributed by atoms with E-state index in [1.165, 1.54) is 11.1 Å². The molecule has 1 amide bonds. The second kappa shape index (κ2) is 8.89. The van der Waals surface area contributed by atoms with Crippen molar-refractivity contribution in [2.24, 2.45) is 5.10 Å². The molecule has 1 aromatic carbocycles. The van der Waals surface area contributed by atoms with Crippen LogP contribution in [0.2, 0.25) is 0 Å². The smallest absolute Gasteiger partial charge is 0.289 e. The number of benzene rings is 1. The molecule has 1 aliphatic rings. The molecule has 0 saturated carbocycles. The zero-order valence-corrected chi connectivity index (χ0v) is 14.1. The highest BCUT2D eigenvalue weighted by molar-refractivity contribution is 5.92. The van der Waals surface area contributed by atoms with Gasteiger partial charge in [0.15, 0.2) is 0 Å². The van der Waals surface area contributed by atoms with Crippen molar-refractivity contribution in [3.05, 3.63) is 77.6 Å². The van der Waals surface area contributed by atoms with E-state index in [1.807, 2.05) is 12.1 Å². The Bertz CT molecular complexity index is 731. The van der Waals surface area contributed by atoms with Crippen LogP contribution < -0.4 is 5.43 Å². The van der Waals surface area contributed by atoms with Crippen LogP contribution in [0.5, 0.6) is 0 Å². The van der Waals surface area contributed by atoms with Crippen molar-refractivity contribution in [3.8, 4) is 0 Å². The van der Waals surface area contributed by atoms with Crippen LogP contribution >= 0.6 is 0 Å². The predicted octanol–water partition coefficient (Wildman–Crippen LogP) is 3.02. The zero-order chi connectivity index (χ0) is 17.3. The number of allylic oxidation sites excluding steroid dienone is 1. The predicted molar refractivity (Wildman–Crippen MR) is 99.2 cm³/mol. The second-order valence-corrected chi connectivity index (χ2v) is 6.02. The molecule has 3 rings (SSSR count). The van der Waals surface area contributed by atoms with E-state index in [0.29, 0.717) is 5.69 Å². The summed E-state index contributed by atoms with van der Waals surface area (Å²) in [7, 11) is 0. The van der Waals surface area contributed by atoms with Crippen LogP contribution in [0.3, 0.4) is 0 Å². The fourth-order valence-corrected chi connectivity index (χ4v) is 2.80. The number of hydrazone groups is 1.